The minimum atomic E-state index is -0.690. The lowest BCUT2D eigenvalue weighted by Gasteiger charge is -2.33. The number of esters is 1. The van der Waals surface area contributed by atoms with Gasteiger partial charge in [-0.1, -0.05) is 19.3 Å². The Labute approximate surface area is 183 Å². The van der Waals surface area contributed by atoms with Crippen LogP contribution in [0, 0.1) is 19.8 Å². The summed E-state index contributed by atoms with van der Waals surface area (Å²) in [5, 5.41) is 0. The number of ether oxygens (including phenoxy) is 1. The molecule has 0 N–H and O–H groups in total. The average Bonchev–Trinajstić information content (AvgIpc) is 3.38. The normalized spacial score (nSPS) is 15.5. The molecule has 0 aliphatic heterocycles. The molecular formula is C24H32N2O5. The van der Waals surface area contributed by atoms with E-state index >= 15 is 0 Å². The molecule has 2 aromatic rings. The van der Waals surface area contributed by atoms with Gasteiger partial charge in [-0.05, 0) is 57.2 Å². The number of furan rings is 1. The predicted molar refractivity (Wildman–Crippen MR) is 116 cm³/mol. The fraction of sp³-hybridized carbons (Fsp3) is 0.542. The standard InChI is InChI=1S/C24H32N2O5/c1-15-20(16(2)25(4)21(15)24(29)30-5)22(27)17(3)26(14-18-10-7-6-8-11-18)23(28)19-12-9-13-31-19/h9,12-13,17-18H,6-8,10-11,14H2,1-5H3. The molecule has 2 aromatic heterocycles. The molecule has 1 amide bonds. The van der Waals surface area contributed by atoms with Gasteiger partial charge in [-0.3, -0.25) is 9.59 Å². The first kappa shape index (κ1) is 22.8. The van der Waals surface area contributed by atoms with E-state index in [1.165, 1.54) is 19.8 Å². The fourth-order valence-corrected chi connectivity index (χ4v) is 4.68. The summed E-state index contributed by atoms with van der Waals surface area (Å²) >= 11 is 0. The van der Waals surface area contributed by atoms with E-state index < -0.39 is 12.0 Å². The molecule has 0 radical (unpaired) electrons. The van der Waals surface area contributed by atoms with Crippen LogP contribution in [0.1, 0.15) is 81.7 Å². The first-order valence-electron chi connectivity index (χ1n) is 10.9. The predicted octanol–water partition coefficient (Wildman–Crippen LogP) is 4.32. The van der Waals surface area contributed by atoms with Crippen molar-refractivity contribution in [2.24, 2.45) is 13.0 Å². The molecule has 0 bridgehead atoms. The molecule has 2 heterocycles. The number of ketones is 1. The highest BCUT2D eigenvalue weighted by molar-refractivity contribution is 6.07. The van der Waals surface area contributed by atoms with Gasteiger partial charge in [0.2, 0.25) is 0 Å². The second-order valence-electron chi connectivity index (χ2n) is 8.46. The van der Waals surface area contributed by atoms with Crippen LogP contribution in [0.4, 0.5) is 0 Å². The minimum Gasteiger partial charge on any atom is -0.464 e. The molecule has 0 aromatic carbocycles. The van der Waals surface area contributed by atoms with Crippen LogP contribution < -0.4 is 0 Å². The molecule has 168 valence electrons. The van der Waals surface area contributed by atoms with Crippen LogP contribution in [0.2, 0.25) is 0 Å². The van der Waals surface area contributed by atoms with E-state index in [4.69, 9.17) is 9.15 Å². The highest BCUT2D eigenvalue weighted by atomic mass is 16.5. The Morgan fingerprint density at radius 2 is 1.90 bits per heavy atom. The van der Waals surface area contributed by atoms with Crippen molar-refractivity contribution < 1.29 is 23.5 Å². The third-order valence-electron chi connectivity index (χ3n) is 6.58. The molecule has 1 aliphatic rings. The van der Waals surface area contributed by atoms with Gasteiger partial charge in [0.1, 0.15) is 5.69 Å². The molecule has 1 unspecified atom stereocenters. The second-order valence-corrected chi connectivity index (χ2v) is 8.46. The molecule has 7 nitrogen and oxygen atoms in total. The summed E-state index contributed by atoms with van der Waals surface area (Å²) in [6.45, 7) is 5.83. The number of carbonyl (C=O) groups is 3. The molecule has 31 heavy (non-hydrogen) atoms. The van der Waals surface area contributed by atoms with E-state index in [1.807, 2.05) is 0 Å². The summed E-state index contributed by atoms with van der Waals surface area (Å²) < 4.78 is 11.9. The Morgan fingerprint density at radius 3 is 2.48 bits per heavy atom. The van der Waals surface area contributed by atoms with Gasteiger partial charge >= 0.3 is 5.97 Å². The quantitative estimate of drug-likeness (QED) is 0.485. The Balaban J connectivity index is 1.95. The summed E-state index contributed by atoms with van der Waals surface area (Å²) in [6, 6.07) is 2.61. The van der Waals surface area contributed by atoms with Crippen LogP contribution in [0.25, 0.3) is 0 Å². The van der Waals surface area contributed by atoms with Crippen molar-refractivity contribution in [3.05, 3.63) is 46.7 Å². The number of hydrogen-bond donors (Lipinski definition) is 0. The SMILES string of the molecule is COC(=O)c1c(C)c(C(=O)C(C)N(CC2CCCCC2)C(=O)c2ccco2)c(C)n1C. The molecule has 0 spiro atoms. The van der Waals surface area contributed by atoms with Gasteiger partial charge in [0.25, 0.3) is 5.91 Å². The van der Waals surface area contributed by atoms with Gasteiger partial charge in [-0.2, -0.15) is 0 Å². The largest absolute Gasteiger partial charge is 0.464 e. The van der Waals surface area contributed by atoms with Crippen LogP contribution in [-0.4, -0.2) is 46.8 Å². The minimum absolute atomic E-state index is 0.184. The topological polar surface area (TPSA) is 81.8 Å². The Bertz CT molecular complexity index is 951. The zero-order valence-corrected chi connectivity index (χ0v) is 19.1. The maximum absolute atomic E-state index is 13.6. The van der Waals surface area contributed by atoms with Crippen LogP contribution in [0.5, 0.6) is 0 Å². The van der Waals surface area contributed by atoms with Crippen molar-refractivity contribution in [3.63, 3.8) is 0 Å². The lowest BCUT2D eigenvalue weighted by Crippen LogP contribution is -2.46. The number of rotatable bonds is 7. The molecule has 1 fully saturated rings. The van der Waals surface area contributed by atoms with E-state index in [2.05, 4.69) is 0 Å². The maximum Gasteiger partial charge on any atom is 0.354 e. The maximum atomic E-state index is 13.6. The van der Waals surface area contributed by atoms with Crippen molar-refractivity contribution in [2.75, 3.05) is 13.7 Å². The summed E-state index contributed by atoms with van der Waals surface area (Å²) in [4.78, 5) is 40.8. The van der Waals surface area contributed by atoms with Crippen molar-refractivity contribution in [2.45, 2.75) is 58.9 Å². The van der Waals surface area contributed by atoms with Gasteiger partial charge in [0.05, 0.1) is 19.4 Å². The number of nitrogens with zero attached hydrogens (tertiary/aromatic N) is 2. The smallest absolute Gasteiger partial charge is 0.354 e. The summed E-state index contributed by atoms with van der Waals surface area (Å²) in [5.41, 5.74) is 2.08. The van der Waals surface area contributed by atoms with Crippen molar-refractivity contribution in [1.29, 1.82) is 0 Å². The number of methoxy groups -OCH3 is 1. The van der Waals surface area contributed by atoms with E-state index in [0.717, 1.165) is 25.7 Å². The van der Waals surface area contributed by atoms with Crippen molar-refractivity contribution in [3.8, 4) is 0 Å². The van der Waals surface area contributed by atoms with Crippen molar-refractivity contribution >= 4 is 17.7 Å². The summed E-state index contributed by atoms with van der Waals surface area (Å²) in [6.07, 6.45) is 7.09. The van der Waals surface area contributed by atoms with Crippen LogP contribution in [-0.2, 0) is 11.8 Å². The number of Topliss-reactive ketones (excluding diaryl/α,β-unsaturated/α-hetero) is 1. The van der Waals surface area contributed by atoms with E-state index in [9.17, 15) is 14.4 Å². The highest BCUT2D eigenvalue weighted by Crippen LogP contribution is 2.28. The van der Waals surface area contributed by atoms with E-state index in [0.29, 0.717) is 35.0 Å². The number of amides is 1. The second kappa shape index (κ2) is 9.54. The number of hydrogen-bond acceptors (Lipinski definition) is 5. The van der Waals surface area contributed by atoms with Crippen LogP contribution in [0.3, 0.4) is 0 Å². The van der Waals surface area contributed by atoms with Gasteiger partial charge < -0.3 is 18.6 Å². The van der Waals surface area contributed by atoms with Crippen LogP contribution >= 0.6 is 0 Å². The Morgan fingerprint density at radius 1 is 1.23 bits per heavy atom. The van der Waals surface area contributed by atoms with E-state index in [1.54, 1.807) is 49.4 Å². The Kier molecular flexibility index (Phi) is 7.03. The number of aromatic nitrogens is 1. The van der Waals surface area contributed by atoms with Gasteiger partial charge in [0.15, 0.2) is 11.5 Å². The molecule has 0 saturated heterocycles. The van der Waals surface area contributed by atoms with Gasteiger partial charge in [-0.15, -0.1) is 0 Å². The van der Waals surface area contributed by atoms with Crippen molar-refractivity contribution in [1.82, 2.24) is 9.47 Å². The molecule has 7 heteroatoms. The lowest BCUT2D eigenvalue weighted by molar-refractivity contribution is 0.0554. The first-order valence-corrected chi connectivity index (χ1v) is 10.9. The first-order chi connectivity index (χ1) is 14.8. The molecule has 1 saturated carbocycles. The Hall–Kier alpha value is -2.83. The molecule has 1 aliphatic carbocycles. The molecule has 1 atom stereocenters. The third kappa shape index (κ3) is 4.45. The summed E-state index contributed by atoms with van der Waals surface area (Å²) in [5.74, 6) is -0.355. The third-order valence-corrected chi connectivity index (χ3v) is 6.58. The van der Waals surface area contributed by atoms with E-state index in [-0.39, 0.29) is 17.5 Å². The zero-order chi connectivity index (χ0) is 22.7. The van der Waals surface area contributed by atoms with Gasteiger partial charge in [-0.25, -0.2) is 4.79 Å². The molecular weight excluding hydrogens is 396 g/mol. The highest BCUT2D eigenvalue weighted by Gasteiger charge is 2.34. The number of carbonyl (C=O) groups excluding carboxylic acids is 3. The average molecular weight is 429 g/mol. The molecule has 3 rings (SSSR count). The lowest BCUT2D eigenvalue weighted by atomic mass is 9.88. The summed E-state index contributed by atoms with van der Waals surface area (Å²) in [7, 11) is 3.06. The fourth-order valence-electron chi connectivity index (χ4n) is 4.68. The monoisotopic (exact) mass is 428 g/mol. The van der Waals surface area contributed by atoms with Crippen LogP contribution in [0.15, 0.2) is 22.8 Å². The zero-order valence-electron chi connectivity index (χ0n) is 19.1. The van der Waals surface area contributed by atoms with Gasteiger partial charge in [0, 0.05) is 24.8 Å².